The molecule has 20 heavy (non-hydrogen) atoms. The molecule has 2 unspecified atom stereocenters. The number of rotatable bonds is 5. The minimum Gasteiger partial charge on any atom is -0.377 e. The van der Waals surface area contributed by atoms with Crippen LogP contribution in [-0.2, 0) is 14.8 Å². The van der Waals surface area contributed by atoms with Crippen LogP contribution in [0.3, 0.4) is 0 Å². The Morgan fingerprint density at radius 1 is 1.35 bits per heavy atom. The number of nitro benzene ring substituents is 1. The quantitative estimate of drug-likeness (QED) is 0.466. The highest BCUT2D eigenvalue weighted by Crippen LogP contribution is 2.29. The maximum absolute atomic E-state index is 10.9. The predicted octanol–water partition coefficient (Wildman–Crippen LogP) is 2.34. The molecule has 1 heterocycles. The molecule has 0 saturated carbocycles. The fraction of sp³-hybridized carbons (Fsp3) is 0.538. The second-order valence-corrected chi connectivity index (χ2v) is 5.22. The van der Waals surface area contributed by atoms with E-state index >= 15 is 0 Å². The molecule has 110 valence electrons. The number of nitro groups is 1. The van der Waals surface area contributed by atoms with Crippen LogP contribution >= 0.6 is 15.9 Å². The molecule has 6 nitrogen and oxygen atoms in total. The lowest BCUT2D eigenvalue weighted by Crippen LogP contribution is -2.27. The molecule has 2 atom stereocenters. The molecule has 1 aromatic carbocycles. The van der Waals surface area contributed by atoms with Crippen molar-refractivity contribution in [1.82, 2.24) is 0 Å². The monoisotopic (exact) mass is 344 g/mol. The summed E-state index contributed by atoms with van der Waals surface area (Å²) in [4.78, 5) is 12.7. The zero-order valence-corrected chi connectivity index (χ0v) is 13.0. The van der Waals surface area contributed by atoms with Crippen molar-refractivity contribution in [2.24, 2.45) is 0 Å². The van der Waals surface area contributed by atoms with Gasteiger partial charge in [0.05, 0.1) is 4.92 Å². The van der Waals surface area contributed by atoms with Crippen LogP contribution in [0.5, 0.6) is 0 Å². The molecular weight excluding hydrogens is 328 g/mol. The SMILES string of the molecule is COC1CN(c2ccc([N+](=O)[O-])c(CBr)c2)CC1OC. The molecule has 0 bridgehead atoms. The largest absolute Gasteiger partial charge is 0.377 e. The van der Waals surface area contributed by atoms with E-state index < -0.39 is 0 Å². The Labute approximate surface area is 125 Å². The average Bonchev–Trinajstić information content (AvgIpc) is 2.89. The number of ether oxygens (including phenoxy) is 2. The third-order valence-electron chi connectivity index (χ3n) is 3.59. The first-order chi connectivity index (χ1) is 9.60. The maximum Gasteiger partial charge on any atom is 0.273 e. The van der Waals surface area contributed by atoms with Crippen LogP contribution in [0.2, 0.25) is 0 Å². The average molecular weight is 345 g/mol. The van der Waals surface area contributed by atoms with E-state index in [4.69, 9.17) is 9.47 Å². The maximum atomic E-state index is 10.9. The number of methoxy groups -OCH3 is 2. The minimum atomic E-state index is -0.361. The summed E-state index contributed by atoms with van der Waals surface area (Å²) < 4.78 is 10.8. The van der Waals surface area contributed by atoms with Gasteiger partial charge in [0.1, 0.15) is 12.2 Å². The van der Waals surface area contributed by atoms with Crippen LogP contribution in [0.15, 0.2) is 18.2 Å². The number of nitrogens with zero attached hydrogens (tertiary/aromatic N) is 2. The van der Waals surface area contributed by atoms with Crippen LogP contribution < -0.4 is 4.90 Å². The molecule has 2 rings (SSSR count). The normalized spacial score (nSPS) is 22.2. The minimum absolute atomic E-state index is 0.0163. The summed E-state index contributed by atoms with van der Waals surface area (Å²) >= 11 is 3.30. The van der Waals surface area contributed by atoms with E-state index in [0.717, 1.165) is 5.69 Å². The molecular formula is C13H17BrN2O4. The molecule has 0 N–H and O–H groups in total. The van der Waals surface area contributed by atoms with Crippen molar-refractivity contribution in [3.8, 4) is 0 Å². The van der Waals surface area contributed by atoms with Gasteiger partial charge in [-0.05, 0) is 12.1 Å². The van der Waals surface area contributed by atoms with Crippen molar-refractivity contribution in [2.45, 2.75) is 17.5 Å². The van der Waals surface area contributed by atoms with E-state index in [-0.39, 0.29) is 22.8 Å². The summed E-state index contributed by atoms with van der Waals surface area (Å²) in [6.07, 6.45) is 0.0326. The first-order valence-corrected chi connectivity index (χ1v) is 7.36. The van der Waals surface area contributed by atoms with Crippen molar-refractivity contribution in [1.29, 1.82) is 0 Å². The summed E-state index contributed by atoms with van der Waals surface area (Å²) in [6.45, 7) is 1.43. The van der Waals surface area contributed by atoms with Crippen LogP contribution in [0.4, 0.5) is 11.4 Å². The van der Waals surface area contributed by atoms with Crippen LogP contribution in [-0.4, -0.2) is 44.4 Å². The topological polar surface area (TPSA) is 64.8 Å². The van der Waals surface area contributed by atoms with Crippen LogP contribution in [0.1, 0.15) is 5.56 Å². The lowest BCUT2D eigenvalue weighted by molar-refractivity contribution is -0.385. The first-order valence-electron chi connectivity index (χ1n) is 6.24. The fourth-order valence-corrected chi connectivity index (χ4v) is 2.91. The highest BCUT2D eigenvalue weighted by atomic mass is 79.9. The second kappa shape index (κ2) is 6.51. The molecule has 1 saturated heterocycles. The molecule has 0 spiro atoms. The Morgan fingerprint density at radius 3 is 2.40 bits per heavy atom. The highest BCUT2D eigenvalue weighted by Gasteiger charge is 2.33. The van der Waals surface area contributed by atoms with Crippen molar-refractivity contribution >= 4 is 27.3 Å². The van der Waals surface area contributed by atoms with E-state index in [9.17, 15) is 10.1 Å². The van der Waals surface area contributed by atoms with Gasteiger partial charge < -0.3 is 14.4 Å². The van der Waals surface area contributed by atoms with Crippen molar-refractivity contribution in [3.63, 3.8) is 0 Å². The number of anilines is 1. The molecule has 1 fully saturated rings. The van der Waals surface area contributed by atoms with Gasteiger partial charge in [-0.2, -0.15) is 0 Å². The van der Waals surface area contributed by atoms with Gasteiger partial charge >= 0.3 is 0 Å². The molecule has 0 radical (unpaired) electrons. The summed E-state index contributed by atoms with van der Waals surface area (Å²) in [5.74, 6) is 0. The fourth-order valence-electron chi connectivity index (χ4n) is 2.46. The molecule has 0 aromatic heterocycles. The van der Waals surface area contributed by atoms with Crippen molar-refractivity contribution in [3.05, 3.63) is 33.9 Å². The van der Waals surface area contributed by atoms with Crippen LogP contribution in [0, 0.1) is 10.1 Å². The summed E-state index contributed by atoms with van der Waals surface area (Å²) in [5.41, 5.74) is 1.75. The van der Waals surface area contributed by atoms with Gasteiger partial charge in [0.25, 0.3) is 5.69 Å². The molecule has 0 amide bonds. The third-order valence-corrected chi connectivity index (χ3v) is 4.19. The van der Waals surface area contributed by atoms with Crippen molar-refractivity contribution < 1.29 is 14.4 Å². The van der Waals surface area contributed by atoms with Crippen molar-refractivity contribution in [2.75, 3.05) is 32.2 Å². The van der Waals surface area contributed by atoms with E-state index in [1.807, 2.05) is 6.07 Å². The molecule has 1 aromatic rings. The van der Waals surface area contributed by atoms with E-state index in [1.165, 1.54) is 0 Å². The zero-order chi connectivity index (χ0) is 14.7. The van der Waals surface area contributed by atoms with Gasteiger partial charge in [-0.1, -0.05) is 15.9 Å². The Balaban J connectivity index is 2.24. The lowest BCUT2D eigenvalue weighted by Gasteiger charge is -2.18. The lowest BCUT2D eigenvalue weighted by atomic mass is 10.1. The number of hydrogen-bond acceptors (Lipinski definition) is 5. The predicted molar refractivity (Wildman–Crippen MR) is 79.5 cm³/mol. The standard InChI is InChI=1S/C13H17BrN2O4/c1-19-12-7-15(8-13(12)20-2)10-3-4-11(16(17)18)9(5-10)6-14/h3-5,12-13H,6-8H2,1-2H3. The van der Waals surface area contributed by atoms with E-state index in [2.05, 4.69) is 20.8 Å². The van der Waals surface area contributed by atoms with E-state index in [0.29, 0.717) is 24.0 Å². The van der Waals surface area contributed by atoms with Gasteiger partial charge in [0, 0.05) is 50.0 Å². The summed E-state index contributed by atoms with van der Waals surface area (Å²) in [7, 11) is 3.33. The number of alkyl halides is 1. The number of halogens is 1. The third kappa shape index (κ3) is 2.94. The highest BCUT2D eigenvalue weighted by molar-refractivity contribution is 9.08. The molecule has 0 aliphatic carbocycles. The number of hydrogen-bond donors (Lipinski definition) is 0. The van der Waals surface area contributed by atoms with Gasteiger partial charge in [-0.25, -0.2) is 0 Å². The molecule has 1 aliphatic heterocycles. The van der Waals surface area contributed by atoms with Gasteiger partial charge in [-0.3, -0.25) is 10.1 Å². The Morgan fingerprint density at radius 2 is 1.95 bits per heavy atom. The van der Waals surface area contributed by atoms with E-state index in [1.54, 1.807) is 26.4 Å². The summed E-state index contributed by atoms with van der Waals surface area (Å²) in [6, 6.07) is 5.17. The Bertz CT molecular complexity index is 485. The Kier molecular flexibility index (Phi) is 4.95. The first kappa shape index (κ1) is 15.2. The van der Waals surface area contributed by atoms with Crippen LogP contribution in [0.25, 0.3) is 0 Å². The zero-order valence-electron chi connectivity index (χ0n) is 11.4. The smallest absolute Gasteiger partial charge is 0.273 e. The number of benzene rings is 1. The summed E-state index contributed by atoms with van der Waals surface area (Å²) in [5, 5.41) is 11.4. The molecule has 1 aliphatic rings. The van der Waals surface area contributed by atoms with Gasteiger partial charge in [-0.15, -0.1) is 0 Å². The van der Waals surface area contributed by atoms with Gasteiger partial charge in [0.15, 0.2) is 0 Å². The molecule has 7 heteroatoms. The Hall–Kier alpha value is -1.18. The second-order valence-electron chi connectivity index (χ2n) is 4.66. The van der Waals surface area contributed by atoms with Gasteiger partial charge in [0.2, 0.25) is 0 Å².